The van der Waals surface area contributed by atoms with Gasteiger partial charge in [-0.05, 0) is 26.2 Å². The van der Waals surface area contributed by atoms with Gasteiger partial charge in [-0.3, -0.25) is 5.41 Å². The molecule has 1 aromatic rings. The van der Waals surface area contributed by atoms with Gasteiger partial charge in [0.2, 0.25) is 0 Å². The second kappa shape index (κ2) is 4.77. The molecule has 0 aliphatic heterocycles. The number of thioether (sulfide) groups is 1. The molecule has 0 fully saturated rings. The molecule has 0 aromatic carbocycles. The average molecular weight is 278 g/mol. The van der Waals surface area contributed by atoms with Crippen LogP contribution in [0.5, 0.6) is 0 Å². The van der Waals surface area contributed by atoms with Gasteiger partial charge >= 0.3 is 0 Å². The summed E-state index contributed by atoms with van der Waals surface area (Å²) >= 11 is 2.61. The quantitative estimate of drug-likeness (QED) is 0.501. The van der Waals surface area contributed by atoms with E-state index < -0.39 is 15.1 Å². The highest BCUT2D eigenvalue weighted by Gasteiger charge is 2.25. The number of sulfone groups is 1. The Morgan fingerprint density at radius 2 is 2.12 bits per heavy atom. The Hall–Kier alpha value is -0.530. The number of thiophene rings is 1. The second-order valence-corrected chi connectivity index (χ2v) is 8.07. The third-order valence-corrected chi connectivity index (χ3v) is 6.78. The lowest BCUT2D eigenvalue weighted by Crippen LogP contribution is -2.14. The Kier molecular flexibility index (Phi) is 4.03. The fraction of sp³-hybridized carbons (Fsp3) is 0.444. The summed E-state index contributed by atoms with van der Waals surface area (Å²) in [6.07, 6.45) is 1.81. The molecule has 0 aliphatic carbocycles. The van der Waals surface area contributed by atoms with E-state index in [1.807, 2.05) is 6.26 Å². The molecule has 1 rings (SSSR count). The van der Waals surface area contributed by atoms with Crippen LogP contribution in [0.15, 0.2) is 15.2 Å². The largest absolute Gasteiger partial charge is 0.383 e. The minimum absolute atomic E-state index is 0.0921. The summed E-state index contributed by atoms with van der Waals surface area (Å²) in [6, 6.07) is 1.49. The van der Waals surface area contributed by atoms with Gasteiger partial charge in [-0.15, -0.1) is 23.1 Å². The number of amidine groups is 1. The maximum absolute atomic E-state index is 12.0. The van der Waals surface area contributed by atoms with Gasteiger partial charge < -0.3 is 5.73 Å². The molecule has 90 valence electrons. The van der Waals surface area contributed by atoms with Crippen molar-refractivity contribution in [2.75, 3.05) is 6.26 Å². The summed E-state index contributed by atoms with van der Waals surface area (Å²) in [5.74, 6) is -0.0921. The zero-order chi connectivity index (χ0) is 12.5. The smallest absolute Gasteiger partial charge is 0.182 e. The number of hydrogen-bond acceptors (Lipinski definition) is 5. The highest BCUT2D eigenvalue weighted by molar-refractivity contribution is 8.01. The van der Waals surface area contributed by atoms with Crippen LogP contribution >= 0.6 is 23.1 Å². The first-order chi connectivity index (χ1) is 7.30. The summed E-state index contributed by atoms with van der Waals surface area (Å²) < 4.78 is 24.8. The summed E-state index contributed by atoms with van der Waals surface area (Å²) in [6.45, 7) is 3.29. The normalized spacial score (nSPS) is 12.0. The summed E-state index contributed by atoms with van der Waals surface area (Å²) in [5.41, 5.74) is 5.36. The maximum atomic E-state index is 12.0. The van der Waals surface area contributed by atoms with E-state index in [1.165, 1.54) is 29.2 Å². The van der Waals surface area contributed by atoms with Crippen molar-refractivity contribution in [1.29, 1.82) is 5.41 Å². The van der Waals surface area contributed by atoms with E-state index >= 15 is 0 Å². The van der Waals surface area contributed by atoms with Gasteiger partial charge in [0.15, 0.2) is 9.84 Å². The van der Waals surface area contributed by atoms with Crippen molar-refractivity contribution in [3.8, 4) is 0 Å². The van der Waals surface area contributed by atoms with Crippen LogP contribution in [0.25, 0.3) is 0 Å². The number of nitrogens with one attached hydrogen (secondary N) is 1. The standard InChI is InChI=1S/C9H14N2O2S3/c1-5(2)16(12,13)7-4-6(8(10)11)15-9(7)14-3/h4-5H,1-3H3,(H3,10,11). The molecule has 3 N–H and O–H groups in total. The van der Waals surface area contributed by atoms with Crippen molar-refractivity contribution >= 4 is 38.8 Å². The van der Waals surface area contributed by atoms with Crippen molar-refractivity contribution in [2.24, 2.45) is 5.73 Å². The van der Waals surface area contributed by atoms with Crippen molar-refractivity contribution in [1.82, 2.24) is 0 Å². The predicted molar refractivity (Wildman–Crippen MR) is 69.4 cm³/mol. The molecule has 0 amide bonds. The third kappa shape index (κ3) is 2.41. The summed E-state index contributed by atoms with van der Waals surface area (Å²) in [4.78, 5) is 0.800. The maximum Gasteiger partial charge on any atom is 0.182 e. The van der Waals surface area contributed by atoms with E-state index in [-0.39, 0.29) is 5.84 Å². The van der Waals surface area contributed by atoms with Crippen LogP contribution in [0, 0.1) is 5.41 Å². The first-order valence-corrected chi connectivity index (χ1v) is 8.15. The second-order valence-electron chi connectivity index (χ2n) is 3.47. The first-order valence-electron chi connectivity index (χ1n) is 4.56. The highest BCUT2D eigenvalue weighted by Crippen LogP contribution is 2.35. The van der Waals surface area contributed by atoms with Crippen LogP contribution in [0.3, 0.4) is 0 Å². The van der Waals surface area contributed by atoms with Gasteiger partial charge in [0, 0.05) is 0 Å². The van der Waals surface area contributed by atoms with E-state index in [1.54, 1.807) is 13.8 Å². The Bertz CT molecular complexity index is 503. The van der Waals surface area contributed by atoms with E-state index in [9.17, 15) is 8.42 Å². The molecular weight excluding hydrogens is 264 g/mol. The molecule has 0 saturated carbocycles. The number of rotatable bonds is 4. The minimum Gasteiger partial charge on any atom is -0.383 e. The molecule has 16 heavy (non-hydrogen) atoms. The predicted octanol–water partition coefficient (Wildman–Crippen LogP) is 1.94. The zero-order valence-corrected chi connectivity index (χ0v) is 11.7. The van der Waals surface area contributed by atoms with E-state index in [2.05, 4.69) is 0 Å². The minimum atomic E-state index is -3.29. The zero-order valence-electron chi connectivity index (χ0n) is 9.27. The van der Waals surface area contributed by atoms with Crippen LogP contribution in [0.1, 0.15) is 18.7 Å². The number of hydrogen-bond donors (Lipinski definition) is 2. The van der Waals surface area contributed by atoms with Gasteiger partial charge in [0.25, 0.3) is 0 Å². The lowest BCUT2D eigenvalue weighted by molar-refractivity contribution is 0.586. The molecule has 1 heterocycles. The van der Waals surface area contributed by atoms with Crippen molar-refractivity contribution in [3.05, 3.63) is 10.9 Å². The van der Waals surface area contributed by atoms with Crippen LogP contribution in [0.4, 0.5) is 0 Å². The molecule has 0 saturated heterocycles. The van der Waals surface area contributed by atoms with Crippen molar-refractivity contribution < 1.29 is 8.42 Å². The summed E-state index contributed by atoms with van der Waals surface area (Å²) in [5, 5.41) is 6.85. The molecule has 0 atom stereocenters. The Labute approximate surface area is 104 Å². The van der Waals surface area contributed by atoms with Crippen molar-refractivity contribution in [3.63, 3.8) is 0 Å². The van der Waals surface area contributed by atoms with Gasteiger partial charge in [-0.1, -0.05) is 0 Å². The fourth-order valence-electron chi connectivity index (χ4n) is 1.08. The molecule has 0 aliphatic rings. The van der Waals surface area contributed by atoms with E-state index in [0.29, 0.717) is 14.0 Å². The van der Waals surface area contributed by atoms with Gasteiger partial charge in [0.1, 0.15) is 5.84 Å². The number of nitrogen functional groups attached to an aromatic ring is 1. The lowest BCUT2D eigenvalue weighted by Gasteiger charge is -2.06. The lowest BCUT2D eigenvalue weighted by atomic mass is 10.4. The highest BCUT2D eigenvalue weighted by atomic mass is 32.2. The van der Waals surface area contributed by atoms with Gasteiger partial charge in [-0.25, -0.2) is 8.42 Å². The van der Waals surface area contributed by atoms with Crippen LogP contribution in [-0.2, 0) is 9.84 Å². The molecular formula is C9H14N2O2S3. The molecule has 0 radical (unpaired) electrons. The van der Waals surface area contributed by atoms with Gasteiger partial charge in [0.05, 0.1) is 19.2 Å². The third-order valence-electron chi connectivity index (χ3n) is 2.04. The Balaban J connectivity index is 3.39. The van der Waals surface area contributed by atoms with E-state index in [4.69, 9.17) is 11.1 Å². The SMILES string of the molecule is CSc1sc(C(=N)N)cc1S(=O)(=O)C(C)C. The molecule has 0 bridgehead atoms. The molecule has 4 nitrogen and oxygen atoms in total. The fourth-order valence-corrected chi connectivity index (χ4v) is 4.76. The summed E-state index contributed by atoms with van der Waals surface area (Å²) in [7, 11) is -3.29. The molecule has 7 heteroatoms. The molecule has 1 aromatic heterocycles. The van der Waals surface area contributed by atoms with Crippen LogP contribution in [-0.4, -0.2) is 25.8 Å². The van der Waals surface area contributed by atoms with Gasteiger partial charge in [-0.2, -0.15) is 0 Å². The molecule has 0 unspecified atom stereocenters. The van der Waals surface area contributed by atoms with Crippen molar-refractivity contribution in [2.45, 2.75) is 28.2 Å². The first kappa shape index (κ1) is 13.5. The Morgan fingerprint density at radius 3 is 2.50 bits per heavy atom. The molecule has 0 spiro atoms. The topological polar surface area (TPSA) is 84.0 Å². The number of nitrogens with two attached hydrogens (primary N) is 1. The van der Waals surface area contributed by atoms with E-state index in [0.717, 1.165) is 0 Å². The van der Waals surface area contributed by atoms with Crippen LogP contribution < -0.4 is 5.73 Å². The average Bonchev–Trinajstić information content (AvgIpc) is 2.61. The van der Waals surface area contributed by atoms with Crippen LogP contribution in [0.2, 0.25) is 0 Å². The Morgan fingerprint density at radius 1 is 1.56 bits per heavy atom. The monoisotopic (exact) mass is 278 g/mol.